The first-order valence-corrected chi connectivity index (χ1v) is 12.0. The number of hydrogen-bond donors (Lipinski definition) is 1. The normalized spacial score (nSPS) is 11.6. The van der Waals surface area contributed by atoms with Crippen molar-refractivity contribution in [2.45, 2.75) is 31.7 Å². The van der Waals surface area contributed by atoms with Gasteiger partial charge in [0.1, 0.15) is 11.5 Å². The van der Waals surface area contributed by atoms with Crippen LogP contribution in [-0.2, 0) is 11.3 Å². The van der Waals surface area contributed by atoms with E-state index >= 15 is 0 Å². The Morgan fingerprint density at radius 2 is 2.00 bits per heavy atom. The SMILES string of the molecule is C=CCn1c(SCC(=O)Nc2ccc(OCC)cc2)nnc1C(C)Oc1ccc(Cl)cc1Cl. The Kier molecular flexibility index (Phi) is 9.05. The van der Waals surface area contributed by atoms with Crippen molar-refractivity contribution in [3.63, 3.8) is 0 Å². The molecule has 0 radical (unpaired) electrons. The predicted octanol–water partition coefficient (Wildman–Crippen LogP) is 6.04. The maximum absolute atomic E-state index is 12.4. The zero-order valence-electron chi connectivity index (χ0n) is 18.3. The van der Waals surface area contributed by atoms with Crippen LogP contribution in [0.2, 0.25) is 10.0 Å². The van der Waals surface area contributed by atoms with Crippen molar-refractivity contribution in [3.8, 4) is 11.5 Å². The third-order valence-corrected chi connectivity index (χ3v) is 5.90. The molecule has 0 saturated carbocycles. The van der Waals surface area contributed by atoms with Crippen molar-refractivity contribution < 1.29 is 14.3 Å². The molecule has 33 heavy (non-hydrogen) atoms. The standard InChI is InChI=1S/C23H24Cl2N4O3S/c1-4-12-29-22(15(3)32-20-11-6-16(24)13-19(20)25)27-28-23(29)33-14-21(30)26-17-7-9-18(10-8-17)31-5-2/h4,6-11,13,15H,1,5,12,14H2,2-3H3,(H,26,30). The Morgan fingerprint density at radius 1 is 1.24 bits per heavy atom. The van der Waals surface area contributed by atoms with Gasteiger partial charge in [-0.25, -0.2) is 0 Å². The fourth-order valence-electron chi connectivity index (χ4n) is 2.95. The minimum Gasteiger partial charge on any atom is -0.494 e. The molecule has 1 unspecified atom stereocenters. The van der Waals surface area contributed by atoms with Gasteiger partial charge in [0, 0.05) is 17.3 Å². The lowest BCUT2D eigenvalue weighted by Gasteiger charge is -2.16. The van der Waals surface area contributed by atoms with Gasteiger partial charge >= 0.3 is 0 Å². The van der Waals surface area contributed by atoms with E-state index in [1.54, 1.807) is 36.4 Å². The molecule has 174 valence electrons. The van der Waals surface area contributed by atoms with Crippen LogP contribution in [0.3, 0.4) is 0 Å². The zero-order valence-corrected chi connectivity index (χ0v) is 20.6. The number of carbonyl (C=O) groups is 1. The quantitative estimate of drug-likeness (QED) is 0.252. The molecular formula is C23H24Cl2N4O3S. The Morgan fingerprint density at radius 3 is 2.67 bits per heavy atom. The number of allylic oxidation sites excluding steroid dienone is 1. The maximum atomic E-state index is 12.4. The first-order valence-electron chi connectivity index (χ1n) is 10.2. The highest BCUT2D eigenvalue weighted by molar-refractivity contribution is 7.99. The summed E-state index contributed by atoms with van der Waals surface area (Å²) < 4.78 is 13.2. The summed E-state index contributed by atoms with van der Waals surface area (Å²) in [7, 11) is 0. The number of anilines is 1. The molecule has 0 aliphatic heterocycles. The first-order chi connectivity index (χ1) is 15.9. The van der Waals surface area contributed by atoms with Crippen molar-refractivity contribution in [3.05, 3.63) is 71.0 Å². The fraction of sp³-hybridized carbons (Fsp3) is 0.261. The third kappa shape index (κ3) is 6.90. The van der Waals surface area contributed by atoms with Gasteiger partial charge in [-0.3, -0.25) is 9.36 Å². The molecule has 3 aromatic rings. The maximum Gasteiger partial charge on any atom is 0.234 e. The lowest BCUT2D eigenvalue weighted by Crippen LogP contribution is -2.15. The van der Waals surface area contributed by atoms with E-state index in [9.17, 15) is 4.79 Å². The second-order valence-corrected chi connectivity index (χ2v) is 8.66. The largest absolute Gasteiger partial charge is 0.494 e. The molecule has 10 heteroatoms. The molecule has 3 rings (SSSR count). The van der Waals surface area contributed by atoms with Gasteiger partial charge in [-0.2, -0.15) is 0 Å². The summed E-state index contributed by atoms with van der Waals surface area (Å²) in [5.41, 5.74) is 0.694. The molecule has 0 aliphatic carbocycles. The van der Waals surface area contributed by atoms with E-state index in [-0.39, 0.29) is 11.7 Å². The molecule has 7 nitrogen and oxygen atoms in total. The Bertz CT molecular complexity index is 1110. The summed E-state index contributed by atoms with van der Waals surface area (Å²) in [5.74, 6) is 1.85. The van der Waals surface area contributed by atoms with E-state index in [0.717, 1.165) is 5.75 Å². The molecule has 1 N–H and O–H groups in total. The van der Waals surface area contributed by atoms with Gasteiger partial charge in [-0.1, -0.05) is 41.0 Å². The summed E-state index contributed by atoms with van der Waals surface area (Å²) in [4.78, 5) is 12.4. The van der Waals surface area contributed by atoms with Crippen LogP contribution >= 0.6 is 35.0 Å². The average Bonchev–Trinajstić information content (AvgIpc) is 3.19. The number of nitrogens with zero attached hydrogens (tertiary/aromatic N) is 3. The third-order valence-electron chi connectivity index (χ3n) is 4.40. The number of nitrogens with one attached hydrogen (secondary N) is 1. The van der Waals surface area contributed by atoms with Gasteiger partial charge in [0.15, 0.2) is 17.1 Å². The lowest BCUT2D eigenvalue weighted by molar-refractivity contribution is -0.113. The lowest BCUT2D eigenvalue weighted by atomic mass is 10.3. The molecule has 1 heterocycles. The Labute approximate surface area is 207 Å². The van der Waals surface area contributed by atoms with Crippen molar-refractivity contribution in [1.82, 2.24) is 14.8 Å². The molecule has 1 amide bonds. The van der Waals surface area contributed by atoms with Crippen LogP contribution in [0, 0.1) is 0 Å². The van der Waals surface area contributed by atoms with E-state index in [1.807, 2.05) is 30.5 Å². The first kappa shape index (κ1) is 25.0. The molecule has 0 spiro atoms. The van der Waals surface area contributed by atoms with Crippen LogP contribution in [0.4, 0.5) is 5.69 Å². The monoisotopic (exact) mass is 506 g/mol. The summed E-state index contributed by atoms with van der Waals surface area (Å²) in [6.45, 7) is 8.63. The zero-order chi connectivity index (χ0) is 23.8. The van der Waals surface area contributed by atoms with Gasteiger partial charge in [0.05, 0.1) is 17.4 Å². The number of halogens is 2. The molecule has 2 aromatic carbocycles. The fourth-order valence-corrected chi connectivity index (χ4v) is 4.16. The second kappa shape index (κ2) is 12.0. The molecule has 0 bridgehead atoms. The number of benzene rings is 2. The van der Waals surface area contributed by atoms with E-state index in [2.05, 4.69) is 22.1 Å². The van der Waals surface area contributed by atoms with E-state index in [0.29, 0.717) is 45.6 Å². The molecule has 0 saturated heterocycles. The van der Waals surface area contributed by atoms with Crippen LogP contribution in [0.5, 0.6) is 11.5 Å². The van der Waals surface area contributed by atoms with Crippen molar-refractivity contribution >= 4 is 46.6 Å². The number of hydrogen-bond acceptors (Lipinski definition) is 6. The Hall–Kier alpha value is -2.68. The summed E-state index contributed by atoms with van der Waals surface area (Å²) in [6, 6.07) is 12.2. The molecule has 0 fully saturated rings. The second-order valence-electron chi connectivity index (χ2n) is 6.87. The van der Waals surface area contributed by atoms with Gasteiger partial charge in [-0.05, 0) is 56.3 Å². The van der Waals surface area contributed by atoms with Gasteiger partial charge in [0.25, 0.3) is 0 Å². The van der Waals surface area contributed by atoms with Gasteiger partial charge in [-0.15, -0.1) is 16.8 Å². The molecule has 1 aromatic heterocycles. The van der Waals surface area contributed by atoms with Crippen LogP contribution < -0.4 is 14.8 Å². The van der Waals surface area contributed by atoms with Crippen LogP contribution in [-0.4, -0.2) is 33.0 Å². The number of aromatic nitrogens is 3. The molecule has 0 aliphatic rings. The number of rotatable bonds is 11. The van der Waals surface area contributed by atoms with Crippen LogP contribution in [0.1, 0.15) is 25.8 Å². The van der Waals surface area contributed by atoms with Crippen LogP contribution in [0.15, 0.2) is 60.3 Å². The van der Waals surface area contributed by atoms with Gasteiger partial charge in [0.2, 0.25) is 5.91 Å². The van der Waals surface area contributed by atoms with E-state index in [4.69, 9.17) is 32.7 Å². The number of thioether (sulfide) groups is 1. The van der Waals surface area contributed by atoms with Crippen molar-refractivity contribution in [2.75, 3.05) is 17.7 Å². The molecular weight excluding hydrogens is 483 g/mol. The summed E-state index contributed by atoms with van der Waals surface area (Å²) >= 11 is 13.5. The number of carbonyl (C=O) groups excluding carboxylic acids is 1. The number of amides is 1. The summed E-state index contributed by atoms with van der Waals surface area (Å²) in [5, 5.41) is 12.9. The highest BCUT2D eigenvalue weighted by Gasteiger charge is 2.20. The van der Waals surface area contributed by atoms with Crippen molar-refractivity contribution in [2.24, 2.45) is 0 Å². The Balaban J connectivity index is 1.64. The smallest absolute Gasteiger partial charge is 0.234 e. The van der Waals surface area contributed by atoms with E-state index < -0.39 is 6.10 Å². The van der Waals surface area contributed by atoms with Crippen molar-refractivity contribution in [1.29, 1.82) is 0 Å². The summed E-state index contributed by atoms with van der Waals surface area (Å²) in [6.07, 6.45) is 1.29. The minimum absolute atomic E-state index is 0.156. The number of ether oxygens (including phenoxy) is 2. The highest BCUT2D eigenvalue weighted by Crippen LogP contribution is 2.31. The van der Waals surface area contributed by atoms with E-state index in [1.165, 1.54) is 11.8 Å². The van der Waals surface area contributed by atoms with Gasteiger partial charge < -0.3 is 14.8 Å². The topological polar surface area (TPSA) is 78.3 Å². The predicted molar refractivity (Wildman–Crippen MR) is 133 cm³/mol. The average molecular weight is 507 g/mol. The minimum atomic E-state index is -0.442. The molecule has 1 atom stereocenters. The highest BCUT2D eigenvalue weighted by atomic mass is 35.5. The van der Waals surface area contributed by atoms with Crippen LogP contribution in [0.25, 0.3) is 0 Å².